The van der Waals surface area contributed by atoms with Crippen molar-refractivity contribution in [3.05, 3.63) is 0 Å². The zero-order valence-electron chi connectivity index (χ0n) is 12.1. The number of rotatable bonds is 6. The lowest BCUT2D eigenvalue weighted by Crippen LogP contribution is -2.27. The molecule has 20 heavy (non-hydrogen) atoms. The lowest BCUT2D eigenvalue weighted by molar-refractivity contribution is 0.183. The summed E-state index contributed by atoms with van der Waals surface area (Å²) in [5.74, 6) is 6.54. The zero-order valence-corrected chi connectivity index (χ0v) is 12.1. The van der Waals surface area contributed by atoms with E-state index in [1.165, 1.54) is 0 Å². The number of nitrogens with zero attached hydrogens (tertiary/aromatic N) is 3. The molecule has 0 radical (unpaired) electrons. The van der Waals surface area contributed by atoms with Gasteiger partial charge in [-0.2, -0.15) is 15.0 Å². The molecule has 2 atom stereocenters. The van der Waals surface area contributed by atoms with Gasteiger partial charge in [0.25, 0.3) is 0 Å². The van der Waals surface area contributed by atoms with Crippen molar-refractivity contribution in [1.29, 1.82) is 0 Å². The van der Waals surface area contributed by atoms with Gasteiger partial charge in [-0.25, -0.2) is 5.84 Å². The SMILES string of the molecule is CC(C)Oc1nc(NN)nc(NC(C)C2CCOC2)n1. The van der Waals surface area contributed by atoms with E-state index in [1.807, 2.05) is 13.8 Å². The zero-order chi connectivity index (χ0) is 14.5. The van der Waals surface area contributed by atoms with Crippen molar-refractivity contribution in [2.75, 3.05) is 24.0 Å². The molecule has 8 nitrogen and oxygen atoms in total. The molecule has 0 bridgehead atoms. The molecular weight excluding hydrogens is 260 g/mol. The largest absolute Gasteiger partial charge is 0.461 e. The summed E-state index contributed by atoms with van der Waals surface area (Å²) in [5.41, 5.74) is 2.42. The van der Waals surface area contributed by atoms with Crippen molar-refractivity contribution < 1.29 is 9.47 Å². The molecule has 0 spiro atoms. The maximum Gasteiger partial charge on any atom is 0.323 e. The molecule has 0 aromatic carbocycles. The van der Waals surface area contributed by atoms with Crippen molar-refractivity contribution in [2.45, 2.75) is 39.3 Å². The molecule has 2 heterocycles. The van der Waals surface area contributed by atoms with Gasteiger partial charge in [-0.1, -0.05) is 0 Å². The Bertz CT molecular complexity index is 436. The van der Waals surface area contributed by atoms with Gasteiger partial charge in [-0.15, -0.1) is 0 Å². The minimum atomic E-state index is -0.0171. The first-order valence-corrected chi connectivity index (χ1v) is 6.82. The Labute approximate surface area is 118 Å². The van der Waals surface area contributed by atoms with Crippen molar-refractivity contribution in [3.8, 4) is 6.01 Å². The molecule has 2 unspecified atom stereocenters. The van der Waals surface area contributed by atoms with Crippen molar-refractivity contribution in [2.24, 2.45) is 11.8 Å². The number of nitrogens with two attached hydrogens (primary N) is 1. The van der Waals surface area contributed by atoms with Crippen LogP contribution in [0.2, 0.25) is 0 Å². The molecule has 4 N–H and O–H groups in total. The third-order valence-corrected chi connectivity index (χ3v) is 3.11. The number of hydrogen-bond donors (Lipinski definition) is 3. The number of anilines is 2. The van der Waals surface area contributed by atoms with Gasteiger partial charge < -0.3 is 14.8 Å². The van der Waals surface area contributed by atoms with E-state index in [0.717, 1.165) is 19.6 Å². The van der Waals surface area contributed by atoms with E-state index in [-0.39, 0.29) is 24.1 Å². The summed E-state index contributed by atoms with van der Waals surface area (Å²) in [6, 6.07) is 0.456. The fourth-order valence-electron chi connectivity index (χ4n) is 2.02. The lowest BCUT2D eigenvalue weighted by atomic mass is 10.0. The molecular formula is C12H22N6O2. The van der Waals surface area contributed by atoms with Crippen LogP contribution in [0.1, 0.15) is 27.2 Å². The number of nitrogens with one attached hydrogen (secondary N) is 2. The number of hydrazine groups is 1. The van der Waals surface area contributed by atoms with Crippen LogP contribution in [0.4, 0.5) is 11.9 Å². The van der Waals surface area contributed by atoms with Gasteiger partial charge in [-0.3, -0.25) is 5.43 Å². The molecule has 0 aliphatic carbocycles. The van der Waals surface area contributed by atoms with E-state index in [9.17, 15) is 0 Å². The van der Waals surface area contributed by atoms with Crippen LogP contribution in [0.3, 0.4) is 0 Å². The van der Waals surface area contributed by atoms with Gasteiger partial charge in [0.2, 0.25) is 11.9 Å². The van der Waals surface area contributed by atoms with Gasteiger partial charge >= 0.3 is 6.01 Å². The third kappa shape index (κ3) is 3.91. The Morgan fingerprint density at radius 2 is 2.00 bits per heavy atom. The van der Waals surface area contributed by atoms with Crippen LogP contribution in [-0.2, 0) is 4.74 Å². The third-order valence-electron chi connectivity index (χ3n) is 3.11. The summed E-state index contributed by atoms with van der Waals surface area (Å²) in [4.78, 5) is 12.5. The van der Waals surface area contributed by atoms with Gasteiger partial charge in [0.1, 0.15) is 0 Å². The van der Waals surface area contributed by atoms with Crippen molar-refractivity contribution >= 4 is 11.9 Å². The van der Waals surface area contributed by atoms with E-state index in [1.54, 1.807) is 0 Å². The van der Waals surface area contributed by atoms with Crippen molar-refractivity contribution in [1.82, 2.24) is 15.0 Å². The van der Waals surface area contributed by atoms with Crippen LogP contribution >= 0.6 is 0 Å². The molecule has 1 aliphatic rings. The van der Waals surface area contributed by atoms with Gasteiger partial charge in [0.05, 0.1) is 12.7 Å². The minimum Gasteiger partial charge on any atom is -0.461 e. The molecule has 1 aromatic rings. The van der Waals surface area contributed by atoms with E-state index in [0.29, 0.717) is 11.9 Å². The number of hydrogen-bond acceptors (Lipinski definition) is 8. The number of aromatic nitrogens is 3. The van der Waals surface area contributed by atoms with Crippen LogP contribution in [0.5, 0.6) is 6.01 Å². The highest BCUT2D eigenvalue weighted by molar-refractivity contribution is 5.35. The summed E-state index contributed by atoms with van der Waals surface area (Å²) in [6.07, 6.45) is 1.02. The Balaban J connectivity index is 2.08. The number of nitrogen functional groups attached to an aromatic ring is 1. The molecule has 2 rings (SSSR count). The van der Waals surface area contributed by atoms with Gasteiger partial charge in [0, 0.05) is 18.6 Å². The highest BCUT2D eigenvalue weighted by Crippen LogP contribution is 2.20. The molecule has 0 saturated carbocycles. The smallest absolute Gasteiger partial charge is 0.323 e. The fourth-order valence-corrected chi connectivity index (χ4v) is 2.02. The second-order valence-electron chi connectivity index (χ2n) is 5.13. The standard InChI is InChI=1S/C12H22N6O2/c1-7(2)20-12-16-10(15-11(17-12)18-13)14-8(3)9-4-5-19-6-9/h7-9H,4-6,13H2,1-3H3,(H2,14,15,16,17,18). The van der Waals surface area contributed by atoms with Gasteiger partial charge in [-0.05, 0) is 27.2 Å². The monoisotopic (exact) mass is 282 g/mol. The minimum absolute atomic E-state index is 0.0171. The van der Waals surface area contributed by atoms with E-state index in [2.05, 4.69) is 32.6 Å². The van der Waals surface area contributed by atoms with E-state index >= 15 is 0 Å². The number of ether oxygens (including phenoxy) is 2. The Hall–Kier alpha value is -1.67. The second kappa shape index (κ2) is 6.67. The predicted octanol–water partition coefficient (Wildman–Crippen LogP) is 0.781. The van der Waals surface area contributed by atoms with Crippen LogP contribution in [0, 0.1) is 5.92 Å². The van der Waals surface area contributed by atoms with Crippen LogP contribution in [-0.4, -0.2) is 40.3 Å². The average molecular weight is 282 g/mol. The fraction of sp³-hybridized carbons (Fsp3) is 0.750. The topological polar surface area (TPSA) is 107 Å². The summed E-state index contributed by atoms with van der Waals surface area (Å²) >= 11 is 0. The average Bonchev–Trinajstić information content (AvgIpc) is 2.91. The lowest BCUT2D eigenvalue weighted by Gasteiger charge is -2.19. The first-order chi connectivity index (χ1) is 9.58. The normalized spacial score (nSPS) is 19.9. The van der Waals surface area contributed by atoms with Crippen LogP contribution in [0.25, 0.3) is 0 Å². The maximum atomic E-state index is 5.48. The molecule has 8 heteroatoms. The Kier molecular flexibility index (Phi) is 4.91. The molecule has 1 fully saturated rings. The summed E-state index contributed by atoms with van der Waals surface area (Å²) in [5, 5.41) is 3.25. The van der Waals surface area contributed by atoms with Crippen LogP contribution in [0.15, 0.2) is 0 Å². The molecule has 1 saturated heterocycles. The summed E-state index contributed by atoms with van der Waals surface area (Å²) < 4.78 is 10.9. The molecule has 112 valence electrons. The summed E-state index contributed by atoms with van der Waals surface area (Å²) in [6.45, 7) is 7.47. The molecule has 1 aliphatic heterocycles. The van der Waals surface area contributed by atoms with E-state index < -0.39 is 0 Å². The highest BCUT2D eigenvalue weighted by Gasteiger charge is 2.23. The Morgan fingerprint density at radius 3 is 2.60 bits per heavy atom. The second-order valence-corrected chi connectivity index (χ2v) is 5.13. The predicted molar refractivity (Wildman–Crippen MR) is 75.4 cm³/mol. The van der Waals surface area contributed by atoms with E-state index in [4.69, 9.17) is 15.3 Å². The van der Waals surface area contributed by atoms with Crippen molar-refractivity contribution in [3.63, 3.8) is 0 Å². The molecule has 1 aromatic heterocycles. The van der Waals surface area contributed by atoms with Gasteiger partial charge in [0.15, 0.2) is 0 Å². The Morgan fingerprint density at radius 1 is 1.25 bits per heavy atom. The molecule has 0 amide bonds. The first kappa shape index (κ1) is 14.7. The maximum absolute atomic E-state index is 5.48. The first-order valence-electron chi connectivity index (χ1n) is 6.82. The quantitative estimate of drug-likeness (QED) is 0.519. The van der Waals surface area contributed by atoms with Crippen LogP contribution < -0.4 is 21.3 Å². The highest BCUT2D eigenvalue weighted by atomic mass is 16.5. The summed E-state index contributed by atoms with van der Waals surface area (Å²) in [7, 11) is 0.